The van der Waals surface area contributed by atoms with E-state index < -0.39 is 5.60 Å². The lowest BCUT2D eigenvalue weighted by Crippen LogP contribution is -2.41. The van der Waals surface area contributed by atoms with E-state index >= 15 is 0 Å². The molecule has 0 rings (SSSR count). The second-order valence-corrected chi connectivity index (χ2v) is 4.59. The molecule has 4 nitrogen and oxygen atoms in total. The van der Waals surface area contributed by atoms with Crippen molar-refractivity contribution in [2.24, 2.45) is 0 Å². The maximum absolute atomic E-state index is 11.3. The molecule has 0 aromatic carbocycles. The Bertz CT molecular complexity index is 185. The Hall–Kier alpha value is -0.610. The normalized spacial score (nSPS) is 13.9. The third kappa shape index (κ3) is 6.86. The number of hydrogen-bond acceptors (Lipinski definition) is 3. The van der Waals surface area contributed by atoms with Gasteiger partial charge in [0.15, 0.2) is 0 Å². The highest BCUT2D eigenvalue weighted by atomic mass is 16.3. The van der Waals surface area contributed by atoms with Crippen molar-refractivity contribution in [3.8, 4) is 0 Å². The van der Waals surface area contributed by atoms with Crippen LogP contribution in [0.1, 0.15) is 27.2 Å². The van der Waals surface area contributed by atoms with Crippen molar-refractivity contribution in [1.82, 2.24) is 10.2 Å². The molecule has 84 valence electrons. The largest absolute Gasteiger partial charge is 0.389 e. The topological polar surface area (TPSA) is 52.6 Å². The van der Waals surface area contributed by atoms with Gasteiger partial charge in [-0.3, -0.25) is 4.79 Å². The van der Waals surface area contributed by atoms with Gasteiger partial charge in [-0.15, -0.1) is 0 Å². The molecule has 1 unspecified atom stereocenters. The summed E-state index contributed by atoms with van der Waals surface area (Å²) in [5, 5.41) is 12.6. The lowest BCUT2D eigenvalue weighted by atomic mass is 10.1. The molecule has 0 aromatic heterocycles. The highest BCUT2D eigenvalue weighted by Crippen LogP contribution is 2.00. The summed E-state index contributed by atoms with van der Waals surface area (Å²) in [6.07, 6.45) is 0.461. The van der Waals surface area contributed by atoms with Crippen LogP contribution in [0.25, 0.3) is 0 Å². The summed E-state index contributed by atoms with van der Waals surface area (Å²) in [4.78, 5) is 12.9. The Balaban J connectivity index is 3.77. The van der Waals surface area contributed by atoms with E-state index in [-0.39, 0.29) is 11.9 Å². The molecule has 0 aromatic rings. The summed E-state index contributed by atoms with van der Waals surface area (Å²) in [6, 6.07) is 0.0938. The van der Waals surface area contributed by atoms with E-state index in [1.54, 1.807) is 32.8 Å². The highest BCUT2D eigenvalue weighted by Gasteiger charge is 2.15. The van der Waals surface area contributed by atoms with Crippen LogP contribution in [0.4, 0.5) is 0 Å². The van der Waals surface area contributed by atoms with Crippen LogP contribution in [0.5, 0.6) is 0 Å². The smallest absolute Gasteiger partial charge is 0.223 e. The number of carbonyl (C=O) groups excluding carboxylic acids is 1. The van der Waals surface area contributed by atoms with Gasteiger partial charge < -0.3 is 15.3 Å². The molecule has 0 heterocycles. The van der Waals surface area contributed by atoms with Crippen LogP contribution in [0.15, 0.2) is 0 Å². The second kappa shape index (κ2) is 5.32. The monoisotopic (exact) mass is 202 g/mol. The summed E-state index contributed by atoms with van der Waals surface area (Å²) < 4.78 is 0. The van der Waals surface area contributed by atoms with Crippen LogP contribution in [0, 0.1) is 0 Å². The molecule has 0 aliphatic rings. The predicted octanol–water partition coefficient (Wildman–Crippen LogP) is 0.214. The van der Waals surface area contributed by atoms with Crippen LogP contribution < -0.4 is 5.32 Å². The second-order valence-electron chi connectivity index (χ2n) is 4.59. The zero-order valence-electron chi connectivity index (χ0n) is 9.79. The first-order valence-electron chi connectivity index (χ1n) is 4.88. The zero-order valence-corrected chi connectivity index (χ0v) is 9.79. The van der Waals surface area contributed by atoms with Gasteiger partial charge >= 0.3 is 0 Å². The number of aliphatic hydroxyl groups is 1. The Kier molecular flexibility index (Phi) is 5.08. The molecule has 0 spiro atoms. The van der Waals surface area contributed by atoms with Gasteiger partial charge in [0.05, 0.1) is 5.60 Å². The van der Waals surface area contributed by atoms with Crippen LogP contribution in [0.2, 0.25) is 0 Å². The number of nitrogens with zero attached hydrogens (tertiary/aromatic N) is 1. The average molecular weight is 202 g/mol. The fourth-order valence-corrected chi connectivity index (χ4v) is 0.941. The number of amides is 1. The van der Waals surface area contributed by atoms with Crippen molar-refractivity contribution < 1.29 is 9.90 Å². The summed E-state index contributed by atoms with van der Waals surface area (Å²) in [5.74, 6) is 0.0979. The summed E-state index contributed by atoms with van der Waals surface area (Å²) in [7, 11) is 3.48. The molecule has 0 aliphatic heterocycles. The van der Waals surface area contributed by atoms with Crippen LogP contribution >= 0.6 is 0 Å². The molecule has 14 heavy (non-hydrogen) atoms. The molecule has 2 N–H and O–H groups in total. The maximum Gasteiger partial charge on any atom is 0.223 e. The minimum Gasteiger partial charge on any atom is -0.389 e. The summed E-state index contributed by atoms with van der Waals surface area (Å²) in [5.41, 5.74) is -0.727. The third-order valence-corrected chi connectivity index (χ3v) is 1.86. The molecule has 0 bridgehead atoms. The van der Waals surface area contributed by atoms with Crippen molar-refractivity contribution in [3.05, 3.63) is 0 Å². The number of rotatable bonds is 5. The summed E-state index contributed by atoms with van der Waals surface area (Å²) in [6.45, 7) is 5.91. The van der Waals surface area contributed by atoms with Crippen molar-refractivity contribution in [2.75, 3.05) is 20.6 Å². The first-order valence-corrected chi connectivity index (χ1v) is 4.88. The first kappa shape index (κ1) is 13.4. The number of carbonyl (C=O) groups is 1. The first-order chi connectivity index (χ1) is 6.22. The minimum absolute atomic E-state index is 0.0938. The van der Waals surface area contributed by atoms with Gasteiger partial charge in [-0.2, -0.15) is 0 Å². The fraction of sp³-hybridized carbons (Fsp3) is 0.900. The van der Waals surface area contributed by atoms with E-state index in [2.05, 4.69) is 5.32 Å². The Morgan fingerprint density at radius 1 is 1.50 bits per heavy atom. The quantitative estimate of drug-likeness (QED) is 0.670. The molecule has 0 saturated heterocycles. The van der Waals surface area contributed by atoms with Crippen LogP contribution in [-0.2, 0) is 4.79 Å². The molecule has 4 heteroatoms. The van der Waals surface area contributed by atoms with E-state index in [4.69, 9.17) is 0 Å². The standard InChI is InChI=1S/C10H22N2O2/c1-8(6-9(13)12(4)5)11-7-10(2,3)14/h8,11,14H,6-7H2,1-5H3. The molecule has 0 saturated carbocycles. The van der Waals surface area contributed by atoms with Gasteiger partial charge in [-0.1, -0.05) is 0 Å². The molecule has 0 aliphatic carbocycles. The van der Waals surface area contributed by atoms with E-state index in [0.717, 1.165) is 0 Å². The lowest BCUT2D eigenvalue weighted by molar-refractivity contribution is -0.129. The summed E-state index contributed by atoms with van der Waals surface area (Å²) >= 11 is 0. The van der Waals surface area contributed by atoms with Crippen LogP contribution in [0.3, 0.4) is 0 Å². The average Bonchev–Trinajstić information content (AvgIpc) is 1.99. The number of nitrogens with one attached hydrogen (secondary N) is 1. The molecule has 0 radical (unpaired) electrons. The van der Waals surface area contributed by atoms with E-state index in [1.165, 1.54) is 0 Å². The van der Waals surface area contributed by atoms with E-state index in [1.807, 2.05) is 6.92 Å². The van der Waals surface area contributed by atoms with E-state index in [9.17, 15) is 9.90 Å². The molecule has 1 amide bonds. The van der Waals surface area contributed by atoms with Crippen molar-refractivity contribution in [1.29, 1.82) is 0 Å². The van der Waals surface area contributed by atoms with Gasteiger partial charge in [0.25, 0.3) is 0 Å². The van der Waals surface area contributed by atoms with Crippen molar-refractivity contribution in [2.45, 2.75) is 38.8 Å². The number of hydrogen-bond donors (Lipinski definition) is 2. The highest BCUT2D eigenvalue weighted by molar-refractivity contribution is 5.76. The van der Waals surface area contributed by atoms with Gasteiger partial charge in [-0.25, -0.2) is 0 Å². The van der Waals surface area contributed by atoms with E-state index in [0.29, 0.717) is 13.0 Å². The minimum atomic E-state index is -0.727. The van der Waals surface area contributed by atoms with Crippen LogP contribution in [-0.4, -0.2) is 48.2 Å². The third-order valence-electron chi connectivity index (χ3n) is 1.86. The predicted molar refractivity (Wildman–Crippen MR) is 57.1 cm³/mol. The van der Waals surface area contributed by atoms with Gasteiger partial charge in [0.2, 0.25) is 5.91 Å². The Morgan fingerprint density at radius 2 is 2.00 bits per heavy atom. The lowest BCUT2D eigenvalue weighted by Gasteiger charge is -2.22. The van der Waals surface area contributed by atoms with Crippen molar-refractivity contribution >= 4 is 5.91 Å². The maximum atomic E-state index is 11.3. The van der Waals surface area contributed by atoms with Crippen molar-refractivity contribution in [3.63, 3.8) is 0 Å². The Morgan fingerprint density at radius 3 is 2.36 bits per heavy atom. The molecular weight excluding hydrogens is 180 g/mol. The Labute approximate surface area is 86.3 Å². The fourth-order valence-electron chi connectivity index (χ4n) is 0.941. The molecule has 1 atom stereocenters. The van der Waals surface area contributed by atoms with Gasteiger partial charge in [0.1, 0.15) is 0 Å². The molecule has 0 fully saturated rings. The zero-order chi connectivity index (χ0) is 11.4. The van der Waals surface area contributed by atoms with Gasteiger partial charge in [0, 0.05) is 33.1 Å². The van der Waals surface area contributed by atoms with Gasteiger partial charge in [-0.05, 0) is 20.8 Å². The SMILES string of the molecule is CC(CC(=O)N(C)C)NCC(C)(C)O. The molecular formula is C10H22N2O2.